The second-order valence-electron chi connectivity index (χ2n) is 5.93. The number of hydrogen-bond donors (Lipinski definition) is 0. The molecular formula is C18H17ClN2O2S2. The van der Waals surface area contributed by atoms with Gasteiger partial charge in [0.1, 0.15) is 28.9 Å². The van der Waals surface area contributed by atoms with E-state index in [2.05, 4.69) is 23.8 Å². The molecule has 0 spiro atoms. The average Bonchev–Trinajstić information content (AvgIpc) is 2.87. The molecule has 0 N–H and O–H groups in total. The molecule has 0 aliphatic carbocycles. The van der Waals surface area contributed by atoms with Crippen LogP contribution in [-0.4, -0.2) is 23.2 Å². The number of aromatic nitrogens is 2. The number of rotatable bonds is 3. The van der Waals surface area contributed by atoms with Crippen molar-refractivity contribution in [3.8, 4) is 11.5 Å². The van der Waals surface area contributed by atoms with Gasteiger partial charge >= 0.3 is 0 Å². The highest BCUT2D eigenvalue weighted by molar-refractivity contribution is 7.98. The molecule has 0 radical (unpaired) electrons. The van der Waals surface area contributed by atoms with Crippen LogP contribution < -0.4 is 9.47 Å². The number of thioether (sulfide) groups is 1. The van der Waals surface area contributed by atoms with Gasteiger partial charge in [0.05, 0.1) is 5.02 Å². The van der Waals surface area contributed by atoms with E-state index >= 15 is 0 Å². The quantitative estimate of drug-likeness (QED) is 0.445. The minimum atomic E-state index is 0.537. The Balaban J connectivity index is 1.66. The summed E-state index contributed by atoms with van der Waals surface area (Å²) in [5.41, 5.74) is 2.36. The molecule has 25 heavy (non-hydrogen) atoms. The summed E-state index contributed by atoms with van der Waals surface area (Å²) in [6.07, 6.45) is 0. The van der Waals surface area contributed by atoms with Crippen molar-refractivity contribution in [2.45, 2.75) is 31.6 Å². The van der Waals surface area contributed by atoms with Crippen LogP contribution in [0.25, 0.3) is 10.2 Å². The third-order valence-electron chi connectivity index (χ3n) is 4.14. The normalized spacial score (nSPS) is 13.4. The number of ether oxygens (including phenoxy) is 2. The molecule has 0 bridgehead atoms. The fourth-order valence-corrected chi connectivity index (χ4v) is 5.31. The number of nitrogens with zero attached hydrogens (tertiary/aromatic N) is 2. The van der Waals surface area contributed by atoms with E-state index in [0.717, 1.165) is 32.7 Å². The highest BCUT2D eigenvalue weighted by Gasteiger charge is 2.18. The van der Waals surface area contributed by atoms with Gasteiger partial charge in [-0.2, -0.15) is 0 Å². The van der Waals surface area contributed by atoms with Crippen molar-refractivity contribution >= 4 is 44.9 Å². The van der Waals surface area contributed by atoms with Gasteiger partial charge in [-0.15, -0.1) is 23.1 Å². The fourth-order valence-electron chi connectivity index (χ4n) is 2.82. The smallest absolute Gasteiger partial charge is 0.179 e. The zero-order chi connectivity index (χ0) is 17.6. The summed E-state index contributed by atoms with van der Waals surface area (Å²) in [6.45, 7) is 7.30. The number of aryl methyl sites for hydroxylation is 3. The Kier molecular flexibility index (Phi) is 4.52. The summed E-state index contributed by atoms with van der Waals surface area (Å²) in [4.78, 5) is 11.6. The van der Waals surface area contributed by atoms with Gasteiger partial charge in [0.2, 0.25) is 0 Å². The van der Waals surface area contributed by atoms with Crippen LogP contribution in [0.1, 0.15) is 21.8 Å². The Hall–Kier alpha value is -1.50. The maximum absolute atomic E-state index is 6.34. The van der Waals surface area contributed by atoms with E-state index in [1.807, 2.05) is 19.1 Å². The maximum atomic E-state index is 6.34. The standard InChI is InChI=1S/C18H17ClN2O2S2/c1-9-10(2)25-18-15(9)17(20-11(3)21-18)24-8-12-6-13(19)16-14(7-12)22-4-5-23-16/h6-7H,4-5,8H2,1-3H3. The van der Waals surface area contributed by atoms with Gasteiger partial charge in [-0.3, -0.25) is 0 Å². The molecule has 0 saturated heterocycles. The molecule has 0 atom stereocenters. The molecule has 1 aromatic carbocycles. The van der Waals surface area contributed by atoms with Gasteiger partial charge in [-0.1, -0.05) is 11.6 Å². The van der Waals surface area contributed by atoms with Crippen molar-refractivity contribution < 1.29 is 9.47 Å². The van der Waals surface area contributed by atoms with Crippen LogP contribution in [0.3, 0.4) is 0 Å². The molecule has 4 nitrogen and oxygen atoms in total. The molecule has 1 aliphatic rings. The van der Waals surface area contributed by atoms with Crippen LogP contribution in [0, 0.1) is 20.8 Å². The molecule has 0 unspecified atom stereocenters. The van der Waals surface area contributed by atoms with Crippen LogP contribution in [0.15, 0.2) is 17.2 Å². The first-order valence-electron chi connectivity index (χ1n) is 7.98. The largest absolute Gasteiger partial charge is 0.486 e. The van der Waals surface area contributed by atoms with Crippen LogP contribution in [-0.2, 0) is 5.75 Å². The topological polar surface area (TPSA) is 44.2 Å². The predicted molar refractivity (Wildman–Crippen MR) is 104 cm³/mol. The zero-order valence-corrected chi connectivity index (χ0v) is 16.6. The minimum Gasteiger partial charge on any atom is -0.486 e. The SMILES string of the molecule is Cc1nc(SCc2cc(Cl)c3c(c2)OCCO3)c2c(C)c(C)sc2n1. The monoisotopic (exact) mass is 392 g/mol. The first-order valence-corrected chi connectivity index (χ1v) is 10.2. The zero-order valence-electron chi connectivity index (χ0n) is 14.2. The van der Waals surface area contributed by atoms with Crippen LogP contribution in [0.5, 0.6) is 11.5 Å². The fraction of sp³-hybridized carbons (Fsp3) is 0.333. The number of fused-ring (bicyclic) bond motifs is 2. The van der Waals surface area contributed by atoms with E-state index in [4.69, 9.17) is 21.1 Å². The number of halogens is 1. The van der Waals surface area contributed by atoms with E-state index in [1.54, 1.807) is 23.1 Å². The lowest BCUT2D eigenvalue weighted by atomic mass is 10.2. The summed E-state index contributed by atoms with van der Waals surface area (Å²) in [6, 6.07) is 3.95. The molecule has 0 saturated carbocycles. The summed E-state index contributed by atoms with van der Waals surface area (Å²) in [5.74, 6) is 2.93. The molecule has 0 amide bonds. The molecular weight excluding hydrogens is 376 g/mol. The highest BCUT2D eigenvalue weighted by atomic mass is 35.5. The summed E-state index contributed by atoms with van der Waals surface area (Å²) >= 11 is 9.77. The summed E-state index contributed by atoms with van der Waals surface area (Å²) in [5, 5.41) is 2.79. The van der Waals surface area contributed by atoms with E-state index in [1.165, 1.54) is 15.8 Å². The van der Waals surface area contributed by atoms with E-state index < -0.39 is 0 Å². The van der Waals surface area contributed by atoms with E-state index in [0.29, 0.717) is 24.0 Å². The highest BCUT2D eigenvalue weighted by Crippen LogP contribution is 2.41. The van der Waals surface area contributed by atoms with Crippen molar-refractivity contribution in [3.63, 3.8) is 0 Å². The molecule has 7 heteroatoms. The first kappa shape index (κ1) is 16.9. The minimum absolute atomic E-state index is 0.537. The van der Waals surface area contributed by atoms with Gasteiger partial charge in [-0.05, 0) is 44.0 Å². The summed E-state index contributed by atoms with van der Waals surface area (Å²) in [7, 11) is 0. The van der Waals surface area contributed by atoms with Gasteiger partial charge < -0.3 is 9.47 Å². The van der Waals surface area contributed by atoms with Crippen LogP contribution in [0.2, 0.25) is 5.02 Å². The lowest BCUT2D eigenvalue weighted by Crippen LogP contribution is -2.15. The molecule has 0 fully saturated rings. The lowest BCUT2D eigenvalue weighted by Gasteiger charge is -2.20. The second kappa shape index (κ2) is 6.67. The van der Waals surface area contributed by atoms with Gasteiger partial charge in [0.25, 0.3) is 0 Å². The number of benzene rings is 1. The lowest BCUT2D eigenvalue weighted by molar-refractivity contribution is 0.171. The van der Waals surface area contributed by atoms with Crippen LogP contribution >= 0.6 is 34.7 Å². The Bertz CT molecular complexity index is 972. The third-order valence-corrected chi connectivity index (χ3v) is 6.57. The molecule has 4 rings (SSSR count). The second-order valence-corrected chi connectivity index (χ2v) is 8.50. The van der Waals surface area contributed by atoms with Crippen molar-refractivity contribution in [3.05, 3.63) is 39.0 Å². The van der Waals surface area contributed by atoms with Gasteiger partial charge in [0.15, 0.2) is 11.5 Å². The third kappa shape index (κ3) is 3.18. The van der Waals surface area contributed by atoms with E-state index in [9.17, 15) is 0 Å². The van der Waals surface area contributed by atoms with Crippen molar-refractivity contribution in [2.75, 3.05) is 13.2 Å². The van der Waals surface area contributed by atoms with Gasteiger partial charge in [0, 0.05) is 16.0 Å². The Morgan fingerprint density at radius 1 is 1.16 bits per heavy atom. The maximum Gasteiger partial charge on any atom is 0.179 e. The Labute approximate surface area is 159 Å². The van der Waals surface area contributed by atoms with Crippen molar-refractivity contribution in [1.82, 2.24) is 9.97 Å². The molecule has 3 heterocycles. The van der Waals surface area contributed by atoms with Crippen molar-refractivity contribution in [1.29, 1.82) is 0 Å². The molecule has 3 aromatic rings. The van der Waals surface area contributed by atoms with Crippen molar-refractivity contribution in [2.24, 2.45) is 0 Å². The molecule has 2 aromatic heterocycles. The number of thiophene rings is 1. The molecule has 1 aliphatic heterocycles. The van der Waals surface area contributed by atoms with E-state index in [-0.39, 0.29) is 0 Å². The molecule has 130 valence electrons. The first-order chi connectivity index (χ1) is 12.0. The van der Waals surface area contributed by atoms with Crippen LogP contribution in [0.4, 0.5) is 0 Å². The summed E-state index contributed by atoms with van der Waals surface area (Å²) < 4.78 is 11.2. The predicted octanol–water partition coefficient (Wildman–Crippen LogP) is 5.33. The van der Waals surface area contributed by atoms with Gasteiger partial charge in [-0.25, -0.2) is 9.97 Å². The Morgan fingerprint density at radius 3 is 2.80 bits per heavy atom. The Morgan fingerprint density at radius 2 is 1.96 bits per heavy atom. The number of hydrogen-bond acceptors (Lipinski definition) is 6. The average molecular weight is 393 g/mol.